The molecule has 3 aromatic carbocycles. The van der Waals surface area contributed by atoms with E-state index in [2.05, 4.69) is 23.6 Å². The van der Waals surface area contributed by atoms with E-state index in [-0.39, 0.29) is 11.8 Å². The first-order chi connectivity index (χ1) is 16.1. The normalized spacial score (nSPS) is 16.0. The third-order valence-electron chi connectivity index (χ3n) is 6.08. The van der Waals surface area contributed by atoms with Crippen molar-refractivity contribution in [3.8, 4) is 5.75 Å². The number of hydrogen-bond donors (Lipinski definition) is 0. The maximum absolute atomic E-state index is 12.9. The Hall–Kier alpha value is -3.31. The van der Waals surface area contributed by atoms with Crippen LogP contribution in [0.3, 0.4) is 0 Å². The van der Waals surface area contributed by atoms with Gasteiger partial charge in [-0.15, -0.1) is 0 Å². The second-order valence-corrected chi connectivity index (χ2v) is 8.95. The first-order valence-electron chi connectivity index (χ1n) is 11.3. The Bertz CT molecular complexity index is 1300. The molecule has 1 saturated heterocycles. The van der Waals surface area contributed by atoms with Crippen LogP contribution < -0.4 is 9.64 Å². The number of carbonyl (C=O) groups is 1. The summed E-state index contributed by atoms with van der Waals surface area (Å²) >= 11 is 6.16. The van der Waals surface area contributed by atoms with E-state index in [9.17, 15) is 4.79 Å². The maximum Gasteiger partial charge on any atom is 0.227 e. The minimum absolute atomic E-state index is 0.0292. The van der Waals surface area contributed by atoms with Crippen molar-refractivity contribution in [3.05, 3.63) is 89.2 Å². The van der Waals surface area contributed by atoms with Gasteiger partial charge in [0, 0.05) is 36.1 Å². The first kappa shape index (κ1) is 21.5. The fourth-order valence-corrected chi connectivity index (χ4v) is 4.72. The predicted molar refractivity (Wildman–Crippen MR) is 132 cm³/mol. The standard InChI is InChI=1S/C27H26ClN3O2/c1-19-7-4-10-23(15-19)33-14-6-13-30-25-12-3-2-11-24(25)29-27(30)20-16-26(32)31(18-20)22-9-5-8-21(28)17-22/h2-5,7-12,15,17,20H,6,13-14,16,18H2,1H3/t20-/m0/s1. The van der Waals surface area contributed by atoms with Gasteiger partial charge in [-0.2, -0.15) is 0 Å². The van der Waals surface area contributed by atoms with Crippen molar-refractivity contribution in [1.29, 1.82) is 0 Å². The molecule has 0 aliphatic carbocycles. The monoisotopic (exact) mass is 459 g/mol. The molecule has 0 radical (unpaired) electrons. The summed E-state index contributed by atoms with van der Waals surface area (Å²) in [4.78, 5) is 19.6. The molecule has 1 atom stereocenters. The number of carbonyl (C=O) groups excluding carboxylic acids is 1. The summed E-state index contributed by atoms with van der Waals surface area (Å²) in [6.07, 6.45) is 1.29. The van der Waals surface area contributed by atoms with Crippen molar-refractivity contribution in [2.24, 2.45) is 0 Å². The van der Waals surface area contributed by atoms with Crippen LogP contribution in [0, 0.1) is 6.92 Å². The van der Waals surface area contributed by atoms with Gasteiger partial charge in [-0.25, -0.2) is 4.98 Å². The molecule has 1 aromatic heterocycles. The number of imidazole rings is 1. The Morgan fingerprint density at radius 1 is 1.06 bits per heavy atom. The predicted octanol–water partition coefficient (Wildman–Crippen LogP) is 5.99. The lowest BCUT2D eigenvalue weighted by molar-refractivity contribution is -0.117. The zero-order valence-corrected chi connectivity index (χ0v) is 19.3. The highest BCUT2D eigenvalue weighted by Gasteiger charge is 2.34. The minimum Gasteiger partial charge on any atom is -0.494 e. The average Bonchev–Trinajstić information content (AvgIpc) is 3.37. The number of benzene rings is 3. The molecule has 5 rings (SSSR count). The first-order valence-corrected chi connectivity index (χ1v) is 11.7. The number of ether oxygens (including phenoxy) is 1. The van der Waals surface area contributed by atoms with Crippen molar-refractivity contribution >= 4 is 34.2 Å². The third kappa shape index (κ3) is 4.60. The Balaban J connectivity index is 1.35. The quantitative estimate of drug-likeness (QED) is 0.319. The molecule has 0 bridgehead atoms. The van der Waals surface area contributed by atoms with Gasteiger partial charge in [0.25, 0.3) is 0 Å². The lowest BCUT2D eigenvalue weighted by Gasteiger charge is -2.18. The lowest BCUT2D eigenvalue weighted by atomic mass is 10.1. The molecule has 4 aromatic rings. The van der Waals surface area contributed by atoms with Crippen molar-refractivity contribution in [1.82, 2.24) is 9.55 Å². The van der Waals surface area contributed by atoms with Crippen LogP contribution in [0.2, 0.25) is 5.02 Å². The van der Waals surface area contributed by atoms with Crippen LogP contribution >= 0.6 is 11.6 Å². The van der Waals surface area contributed by atoms with Gasteiger partial charge in [0.05, 0.1) is 17.6 Å². The highest BCUT2D eigenvalue weighted by Crippen LogP contribution is 2.34. The largest absolute Gasteiger partial charge is 0.494 e. The molecule has 0 unspecified atom stereocenters. The maximum atomic E-state index is 12.9. The molecule has 1 aliphatic heterocycles. The van der Waals surface area contributed by atoms with Gasteiger partial charge in [0.15, 0.2) is 0 Å². The Kier molecular flexibility index (Phi) is 6.05. The number of aryl methyl sites for hydroxylation is 2. The molecule has 6 heteroatoms. The molecule has 2 heterocycles. The number of aromatic nitrogens is 2. The number of rotatable bonds is 7. The van der Waals surface area contributed by atoms with Crippen molar-refractivity contribution in [2.45, 2.75) is 32.2 Å². The van der Waals surface area contributed by atoms with E-state index in [0.29, 0.717) is 24.6 Å². The molecule has 168 valence electrons. The minimum atomic E-state index is 0.0292. The number of fused-ring (bicyclic) bond motifs is 1. The Morgan fingerprint density at radius 2 is 1.91 bits per heavy atom. The average molecular weight is 460 g/mol. The van der Waals surface area contributed by atoms with Crippen LogP contribution in [0.4, 0.5) is 5.69 Å². The zero-order valence-electron chi connectivity index (χ0n) is 18.6. The summed E-state index contributed by atoms with van der Waals surface area (Å²) in [5, 5.41) is 0.629. The molecule has 1 amide bonds. The molecule has 0 spiro atoms. The van der Waals surface area contributed by atoms with Crippen LogP contribution in [0.5, 0.6) is 5.75 Å². The van der Waals surface area contributed by atoms with Crippen molar-refractivity contribution in [3.63, 3.8) is 0 Å². The Morgan fingerprint density at radius 3 is 2.76 bits per heavy atom. The number of halogens is 1. The summed E-state index contributed by atoms with van der Waals surface area (Å²) in [6.45, 7) is 4.06. The van der Waals surface area contributed by atoms with Crippen molar-refractivity contribution in [2.75, 3.05) is 18.1 Å². The summed E-state index contributed by atoms with van der Waals surface area (Å²) in [5.74, 6) is 1.99. The van der Waals surface area contributed by atoms with E-state index in [1.165, 1.54) is 5.56 Å². The molecular formula is C27H26ClN3O2. The SMILES string of the molecule is Cc1cccc(OCCCn2c([C@H]3CC(=O)N(c4cccc(Cl)c4)C3)nc3ccccc32)c1. The van der Waals surface area contributed by atoms with E-state index in [1.54, 1.807) is 0 Å². The zero-order chi connectivity index (χ0) is 22.8. The van der Waals surface area contributed by atoms with E-state index in [0.717, 1.165) is 41.3 Å². The molecule has 0 saturated carbocycles. The van der Waals surface area contributed by atoms with Gasteiger partial charge in [-0.1, -0.05) is 41.9 Å². The molecular weight excluding hydrogens is 434 g/mol. The Labute approximate surface area is 198 Å². The summed E-state index contributed by atoms with van der Waals surface area (Å²) in [6, 6.07) is 23.7. The van der Waals surface area contributed by atoms with Crippen molar-refractivity contribution < 1.29 is 9.53 Å². The van der Waals surface area contributed by atoms with Crippen LogP contribution in [0.25, 0.3) is 11.0 Å². The van der Waals surface area contributed by atoms with Gasteiger partial charge < -0.3 is 14.2 Å². The summed E-state index contributed by atoms with van der Waals surface area (Å²) in [7, 11) is 0. The van der Waals surface area contributed by atoms with Gasteiger partial charge in [0.1, 0.15) is 11.6 Å². The van der Waals surface area contributed by atoms with E-state index in [4.69, 9.17) is 21.3 Å². The number of amides is 1. The second-order valence-electron chi connectivity index (χ2n) is 8.51. The highest BCUT2D eigenvalue weighted by molar-refractivity contribution is 6.30. The summed E-state index contributed by atoms with van der Waals surface area (Å²) < 4.78 is 8.22. The molecule has 1 fully saturated rings. The fraction of sp³-hybridized carbons (Fsp3) is 0.259. The van der Waals surface area contributed by atoms with Crippen LogP contribution in [0.1, 0.15) is 30.1 Å². The van der Waals surface area contributed by atoms with Gasteiger partial charge in [0.2, 0.25) is 5.91 Å². The van der Waals surface area contributed by atoms with Crippen LogP contribution in [-0.4, -0.2) is 28.6 Å². The van der Waals surface area contributed by atoms with Gasteiger partial charge in [-0.05, 0) is 61.4 Å². The smallest absolute Gasteiger partial charge is 0.227 e. The molecule has 5 nitrogen and oxygen atoms in total. The highest BCUT2D eigenvalue weighted by atomic mass is 35.5. The molecule has 0 N–H and O–H groups in total. The number of hydrogen-bond acceptors (Lipinski definition) is 3. The lowest BCUT2D eigenvalue weighted by Crippen LogP contribution is -2.24. The molecule has 1 aliphatic rings. The summed E-state index contributed by atoms with van der Waals surface area (Å²) in [5.41, 5.74) is 4.08. The third-order valence-corrected chi connectivity index (χ3v) is 6.31. The van der Waals surface area contributed by atoms with E-state index in [1.807, 2.05) is 65.6 Å². The number of anilines is 1. The fourth-order valence-electron chi connectivity index (χ4n) is 4.53. The van der Waals surface area contributed by atoms with E-state index >= 15 is 0 Å². The number of nitrogens with zero attached hydrogens (tertiary/aromatic N) is 3. The second kappa shape index (κ2) is 9.28. The topological polar surface area (TPSA) is 47.4 Å². The van der Waals surface area contributed by atoms with Crippen LogP contribution in [-0.2, 0) is 11.3 Å². The number of para-hydroxylation sites is 2. The van der Waals surface area contributed by atoms with Gasteiger partial charge in [-0.3, -0.25) is 4.79 Å². The van der Waals surface area contributed by atoms with Gasteiger partial charge >= 0.3 is 0 Å². The molecule has 33 heavy (non-hydrogen) atoms. The van der Waals surface area contributed by atoms with Crippen LogP contribution in [0.15, 0.2) is 72.8 Å². The van der Waals surface area contributed by atoms with E-state index < -0.39 is 0 Å².